The number of hydrogen-bond donors (Lipinski definition) is 2. The minimum atomic E-state index is -0.816. The molecule has 1 atom stereocenters. The lowest BCUT2D eigenvalue weighted by atomic mass is 10.1. The highest BCUT2D eigenvalue weighted by atomic mass is 35.5. The van der Waals surface area contributed by atoms with Crippen molar-refractivity contribution in [1.29, 1.82) is 0 Å². The van der Waals surface area contributed by atoms with E-state index in [-0.39, 0.29) is 5.91 Å². The quantitative estimate of drug-likeness (QED) is 0.913. The summed E-state index contributed by atoms with van der Waals surface area (Å²) in [5.74, 6) is -0.378. The van der Waals surface area contributed by atoms with Gasteiger partial charge in [0.1, 0.15) is 6.04 Å². The number of benzene rings is 1. The van der Waals surface area contributed by atoms with Gasteiger partial charge < -0.3 is 11.1 Å². The van der Waals surface area contributed by atoms with E-state index in [2.05, 4.69) is 10.4 Å². The molecule has 19 heavy (non-hydrogen) atoms. The maximum absolute atomic E-state index is 12.0. The summed E-state index contributed by atoms with van der Waals surface area (Å²) in [6.07, 6.45) is 3.23. The van der Waals surface area contributed by atoms with Crippen molar-refractivity contribution >= 4 is 34.8 Å². The van der Waals surface area contributed by atoms with Crippen molar-refractivity contribution < 1.29 is 4.79 Å². The van der Waals surface area contributed by atoms with E-state index < -0.39 is 6.04 Å². The van der Waals surface area contributed by atoms with E-state index in [1.165, 1.54) is 0 Å². The summed E-state index contributed by atoms with van der Waals surface area (Å²) in [6.45, 7) is 0. The maximum Gasteiger partial charge on any atom is 0.246 e. The number of carbonyl (C=O) groups is 1. The molecule has 2 rings (SSSR count). The molecule has 0 aliphatic rings. The first-order valence-electron chi connectivity index (χ1n) is 5.47. The highest BCUT2D eigenvalue weighted by molar-refractivity contribution is 6.35. The van der Waals surface area contributed by atoms with Crippen LogP contribution in [0.1, 0.15) is 11.6 Å². The molecule has 0 fully saturated rings. The van der Waals surface area contributed by atoms with Crippen LogP contribution in [0.2, 0.25) is 10.0 Å². The molecular formula is C12H12Cl2N4O. The van der Waals surface area contributed by atoms with Crippen LogP contribution in [0.4, 0.5) is 5.69 Å². The van der Waals surface area contributed by atoms with Gasteiger partial charge in [0, 0.05) is 23.8 Å². The number of nitrogens with two attached hydrogens (primary N) is 1. The number of nitrogens with zero attached hydrogens (tertiary/aromatic N) is 2. The number of nitrogens with one attached hydrogen (secondary N) is 1. The van der Waals surface area contributed by atoms with Crippen LogP contribution in [0.3, 0.4) is 0 Å². The van der Waals surface area contributed by atoms with Crippen LogP contribution in [0.5, 0.6) is 0 Å². The molecule has 0 radical (unpaired) electrons. The van der Waals surface area contributed by atoms with Gasteiger partial charge in [0.2, 0.25) is 5.91 Å². The standard InChI is InChI=1S/C12H12Cl2N4O/c1-18-6-7(5-16-18)11(15)12(19)17-10-4-8(13)2-3-9(10)14/h2-6,11H,15H2,1H3,(H,17,19). The van der Waals surface area contributed by atoms with E-state index in [1.807, 2.05) is 0 Å². The number of aromatic nitrogens is 2. The molecular weight excluding hydrogens is 287 g/mol. The number of anilines is 1. The van der Waals surface area contributed by atoms with Crippen molar-refractivity contribution in [1.82, 2.24) is 9.78 Å². The number of halogens is 2. The first-order chi connectivity index (χ1) is 8.97. The molecule has 1 heterocycles. The van der Waals surface area contributed by atoms with Crippen molar-refractivity contribution in [2.24, 2.45) is 12.8 Å². The van der Waals surface area contributed by atoms with E-state index in [0.29, 0.717) is 21.3 Å². The second-order valence-corrected chi connectivity index (χ2v) is 4.88. The van der Waals surface area contributed by atoms with Gasteiger partial charge in [-0.05, 0) is 18.2 Å². The monoisotopic (exact) mass is 298 g/mol. The molecule has 1 aromatic heterocycles. The van der Waals surface area contributed by atoms with Gasteiger partial charge in [0.25, 0.3) is 0 Å². The molecule has 2 aromatic rings. The summed E-state index contributed by atoms with van der Waals surface area (Å²) < 4.78 is 1.58. The highest BCUT2D eigenvalue weighted by Crippen LogP contribution is 2.26. The minimum absolute atomic E-state index is 0.378. The van der Waals surface area contributed by atoms with Crippen molar-refractivity contribution in [2.45, 2.75) is 6.04 Å². The molecule has 1 aromatic carbocycles. The van der Waals surface area contributed by atoms with Crippen molar-refractivity contribution in [3.63, 3.8) is 0 Å². The third-order valence-corrected chi connectivity index (χ3v) is 3.12. The zero-order valence-electron chi connectivity index (χ0n) is 10.1. The van der Waals surface area contributed by atoms with Crippen LogP contribution < -0.4 is 11.1 Å². The van der Waals surface area contributed by atoms with Gasteiger partial charge in [0.05, 0.1) is 16.9 Å². The zero-order chi connectivity index (χ0) is 14.0. The summed E-state index contributed by atoms with van der Waals surface area (Å²) in [5.41, 5.74) is 6.90. The number of amides is 1. The predicted molar refractivity (Wildman–Crippen MR) is 75.2 cm³/mol. The molecule has 1 amide bonds. The first kappa shape index (κ1) is 13.9. The lowest BCUT2D eigenvalue weighted by Gasteiger charge is -2.12. The molecule has 5 nitrogen and oxygen atoms in total. The largest absolute Gasteiger partial charge is 0.323 e. The van der Waals surface area contributed by atoms with Crippen LogP contribution in [-0.2, 0) is 11.8 Å². The molecule has 0 spiro atoms. The van der Waals surface area contributed by atoms with Crippen molar-refractivity contribution in [2.75, 3.05) is 5.32 Å². The second kappa shape index (κ2) is 5.61. The molecule has 7 heteroatoms. The molecule has 0 bridgehead atoms. The van der Waals surface area contributed by atoms with Gasteiger partial charge >= 0.3 is 0 Å². The van der Waals surface area contributed by atoms with E-state index >= 15 is 0 Å². The average Bonchev–Trinajstić information content (AvgIpc) is 2.79. The highest BCUT2D eigenvalue weighted by Gasteiger charge is 2.18. The third kappa shape index (κ3) is 3.26. The maximum atomic E-state index is 12.0. The Morgan fingerprint density at radius 2 is 2.21 bits per heavy atom. The van der Waals surface area contributed by atoms with Crippen molar-refractivity contribution in [3.05, 3.63) is 46.2 Å². The van der Waals surface area contributed by atoms with Crippen LogP contribution in [-0.4, -0.2) is 15.7 Å². The molecule has 0 saturated carbocycles. The van der Waals surface area contributed by atoms with Crippen molar-refractivity contribution in [3.8, 4) is 0 Å². The Morgan fingerprint density at radius 3 is 2.84 bits per heavy atom. The Labute approximate surface area is 120 Å². The average molecular weight is 299 g/mol. The van der Waals surface area contributed by atoms with Crippen LogP contribution >= 0.6 is 23.2 Å². The van der Waals surface area contributed by atoms with E-state index in [1.54, 1.807) is 42.3 Å². The number of aryl methyl sites for hydroxylation is 1. The summed E-state index contributed by atoms with van der Waals surface area (Å²) >= 11 is 11.8. The lowest BCUT2D eigenvalue weighted by molar-refractivity contribution is -0.117. The van der Waals surface area contributed by atoms with Gasteiger partial charge in [-0.1, -0.05) is 23.2 Å². The number of rotatable bonds is 3. The summed E-state index contributed by atoms with van der Waals surface area (Å²) in [7, 11) is 1.75. The fourth-order valence-corrected chi connectivity index (χ4v) is 1.89. The smallest absolute Gasteiger partial charge is 0.246 e. The first-order valence-corrected chi connectivity index (χ1v) is 6.23. The van der Waals surface area contributed by atoms with Gasteiger partial charge in [-0.25, -0.2) is 0 Å². The Bertz CT molecular complexity index is 612. The SMILES string of the molecule is Cn1cc(C(N)C(=O)Nc2cc(Cl)ccc2Cl)cn1. The van der Waals surface area contributed by atoms with Gasteiger partial charge in [-0.15, -0.1) is 0 Å². The Balaban J connectivity index is 2.14. The molecule has 3 N–H and O–H groups in total. The Hall–Kier alpha value is -1.56. The molecule has 0 saturated heterocycles. The third-order valence-electron chi connectivity index (χ3n) is 2.55. The number of carbonyl (C=O) groups excluding carboxylic acids is 1. The molecule has 100 valence electrons. The summed E-state index contributed by atoms with van der Waals surface area (Å²) in [4.78, 5) is 12.0. The fourth-order valence-electron chi connectivity index (χ4n) is 1.56. The topological polar surface area (TPSA) is 72.9 Å². The zero-order valence-corrected chi connectivity index (χ0v) is 11.6. The minimum Gasteiger partial charge on any atom is -0.323 e. The molecule has 0 aliphatic carbocycles. The van der Waals surface area contributed by atoms with Gasteiger partial charge in [0.15, 0.2) is 0 Å². The Kier molecular flexibility index (Phi) is 4.09. The van der Waals surface area contributed by atoms with Gasteiger partial charge in [-0.2, -0.15) is 5.10 Å². The van der Waals surface area contributed by atoms with Crippen LogP contribution in [0, 0.1) is 0 Å². The summed E-state index contributed by atoms with van der Waals surface area (Å²) in [5, 5.41) is 7.49. The molecule has 0 aliphatic heterocycles. The van der Waals surface area contributed by atoms with E-state index in [4.69, 9.17) is 28.9 Å². The normalized spacial score (nSPS) is 12.2. The van der Waals surface area contributed by atoms with Gasteiger partial charge in [-0.3, -0.25) is 9.48 Å². The molecule has 1 unspecified atom stereocenters. The van der Waals surface area contributed by atoms with Crippen LogP contribution in [0.15, 0.2) is 30.6 Å². The van der Waals surface area contributed by atoms with E-state index in [9.17, 15) is 4.79 Å². The fraction of sp³-hybridized carbons (Fsp3) is 0.167. The second-order valence-electron chi connectivity index (χ2n) is 4.04. The summed E-state index contributed by atoms with van der Waals surface area (Å²) in [6, 6.07) is 4.00. The number of hydrogen-bond acceptors (Lipinski definition) is 3. The predicted octanol–water partition coefficient (Wildman–Crippen LogP) is 2.37. The van der Waals surface area contributed by atoms with E-state index in [0.717, 1.165) is 0 Å². The Morgan fingerprint density at radius 1 is 1.47 bits per heavy atom. The lowest BCUT2D eigenvalue weighted by Crippen LogP contribution is -2.27. The van der Waals surface area contributed by atoms with Crippen LogP contribution in [0.25, 0.3) is 0 Å².